The van der Waals surface area contributed by atoms with Crippen LogP contribution in [-0.4, -0.2) is 95.3 Å². The molecule has 4 rings (SSSR count). The summed E-state index contributed by atoms with van der Waals surface area (Å²) in [5, 5.41) is 14.2. The van der Waals surface area contributed by atoms with E-state index >= 15 is 0 Å². The van der Waals surface area contributed by atoms with Crippen molar-refractivity contribution in [1.82, 2.24) is 30.1 Å². The third-order valence-electron chi connectivity index (χ3n) is 5.96. The normalized spacial score (nSPS) is 18.0. The summed E-state index contributed by atoms with van der Waals surface area (Å²) < 4.78 is 7.48. The molecule has 0 saturated carbocycles. The van der Waals surface area contributed by atoms with Gasteiger partial charge in [0, 0.05) is 52.2 Å². The molecule has 0 radical (unpaired) electrons. The van der Waals surface area contributed by atoms with Crippen molar-refractivity contribution in [3.63, 3.8) is 0 Å². The Bertz CT molecular complexity index is 875. The first-order valence-electron chi connectivity index (χ1n) is 11.1. The molecule has 0 aromatic carbocycles. The Morgan fingerprint density at radius 1 is 1.06 bits per heavy atom. The number of hydroxylamine groups is 1. The topological polar surface area (TPSA) is 112 Å². The summed E-state index contributed by atoms with van der Waals surface area (Å²) >= 11 is 0. The van der Waals surface area contributed by atoms with E-state index in [1.807, 2.05) is 10.9 Å². The predicted molar refractivity (Wildman–Crippen MR) is 116 cm³/mol. The van der Waals surface area contributed by atoms with Gasteiger partial charge in [-0.15, -0.1) is 0 Å². The highest BCUT2D eigenvalue weighted by Gasteiger charge is 2.23. The van der Waals surface area contributed by atoms with Crippen LogP contribution in [-0.2, 0) is 16.1 Å². The van der Waals surface area contributed by atoms with E-state index < -0.39 is 0 Å². The molecule has 2 saturated heterocycles. The molecular formula is C20H32N8O3. The number of nitrogens with one attached hydrogen (secondary N) is 1. The number of unbranched alkanes of at least 4 members (excludes halogenated alkanes) is 2. The number of likely N-dealkylation sites (N-methyl/N-ethyl adjacent to an activating group) is 1. The number of hydrogen-bond acceptors (Lipinski definition) is 9. The minimum Gasteiger partial charge on any atom is -0.378 e. The average molecular weight is 433 g/mol. The van der Waals surface area contributed by atoms with Crippen LogP contribution in [0, 0.1) is 0 Å². The molecule has 2 fully saturated rings. The fraction of sp³-hybridized carbons (Fsp3) is 0.700. The lowest BCUT2D eigenvalue weighted by Crippen LogP contribution is -2.45. The maximum Gasteiger partial charge on any atom is 0.243 e. The van der Waals surface area contributed by atoms with Crippen molar-refractivity contribution in [2.75, 3.05) is 69.3 Å². The van der Waals surface area contributed by atoms with Crippen LogP contribution in [0.5, 0.6) is 0 Å². The molecule has 2 aliphatic rings. The van der Waals surface area contributed by atoms with E-state index in [2.05, 4.69) is 26.8 Å². The molecule has 31 heavy (non-hydrogen) atoms. The monoisotopic (exact) mass is 432 g/mol. The van der Waals surface area contributed by atoms with Crippen molar-refractivity contribution in [2.45, 2.75) is 32.2 Å². The van der Waals surface area contributed by atoms with Crippen molar-refractivity contribution in [2.24, 2.45) is 0 Å². The summed E-state index contributed by atoms with van der Waals surface area (Å²) in [6, 6.07) is 0. The molecule has 1 amide bonds. The molecule has 0 bridgehead atoms. The Balaban J connectivity index is 1.54. The number of carbonyl (C=O) groups excluding carboxylic acids is 1. The van der Waals surface area contributed by atoms with Gasteiger partial charge in [0.2, 0.25) is 11.9 Å². The van der Waals surface area contributed by atoms with Gasteiger partial charge in [-0.25, -0.2) is 10.2 Å². The Morgan fingerprint density at radius 2 is 1.84 bits per heavy atom. The largest absolute Gasteiger partial charge is 0.378 e. The van der Waals surface area contributed by atoms with Crippen molar-refractivity contribution < 1.29 is 14.7 Å². The molecular weight excluding hydrogens is 400 g/mol. The molecule has 170 valence electrons. The number of carbonyl (C=O) groups is 1. The molecule has 11 heteroatoms. The maximum absolute atomic E-state index is 11.2. The number of rotatable bonds is 8. The number of anilines is 2. The molecule has 0 spiro atoms. The minimum absolute atomic E-state index is 0.327. The highest BCUT2D eigenvalue weighted by molar-refractivity contribution is 5.88. The first-order valence-corrected chi connectivity index (χ1v) is 11.1. The van der Waals surface area contributed by atoms with Crippen LogP contribution in [0.2, 0.25) is 0 Å². The maximum atomic E-state index is 11.2. The summed E-state index contributed by atoms with van der Waals surface area (Å²) in [5.41, 5.74) is 2.54. The Hall–Kier alpha value is -2.50. The number of hydrogen-bond donors (Lipinski definition) is 2. The number of fused-ring (bicyclic) bond motifs is 1. The van der Waals surface area contributed by atoms with E-state index in [-0.39, 0.29) is 5.91 Å². The molecule has 0 unspecified atom stereocenters. The zero-order valence-corrected chi connectivity index (χ0v) is 18.2. The molecule has 2 aliphatic heterocycles. The summed E-state index contributed by atoms with van der Waals surface area (Å²) in [5.74, 6) is 1.36. The van der Waals surface area contributed by atoms with Gasteiger partial charge in [-0.2, -0.15) is 15.1 Å². The third-order valence-corrected chi connectivity index (χ3v) is 5.96. The van der Waals surface area contributed by atoms with Crippen LogP contribution in [0.1, 0.15) is 25.7 Å². The Kier molecular flexibility index (Phi) is 7.15. The third kappa shape index (κ3) is 5.23. The van der Waals surface area contributed by atoms with Gasteiger partial charge in [-0.05, 0) is 19.9 Å². The van der Waals surface area contributed by atoms with Crippen LogP contribution in [0.4, 0.5) is 11.8 Å². The zero-order valence-electron chi connectivity index (χ0n) is 18.2. The zero-order chi connectivity index (χ0) is 21.6. The van der Waals surface area contributed by atoms with Crippen LogP contribution in [0.15, 0.2) is 6.20 Å². The van der Waals surface area contributed by atoms with E-state index in [4.69, 9.17) is 19.9 Å². The second-order valence-electron chi connectivity index (χ2n) is 8.19. The fourth-order valence-corrected chi connectivity index (χ4v) is 4.04. The molecule has 0 aliphatic carbocycles. The molecule has 11 nitrogen and oxygen atoms in total. The van der Waals surface area contributed by atoms with Crippen molar-refractivity contribution in [3.05, 3.63) is 6.20 Å². The number of morpholine rings is 1. The molecule has 2 aromatic rings. The van der Waals surface area contributed by atoms with Gasteiger partial charge in [-0.3, -0.25) is 10.0 Å². The number of ether oxygens (including phenoxy) is 1. The number of amides is 1. The lowest BCUT2D eigenvalue weighted by molar-refractivity contribution is -0.129. The average Bonchev–Trinajstić information content (AvgIpc) is 3.22. The van der Waals surface area contributed by atoms with Gasteiger partial charge in [0.25, 0.3) is 0 Å². The first kappa shape index (κ1) is 21.7. The molecule has 2 aromatic heterocycles. The summed E-state index contributed by atoms with van der Waals surface area (Å²) in [7, 11) is 2.14. The van der Waals surface area contributed by atoms with Gasteiger partial charge < -0.3 is 19.4 Å². The lowest BCUT2D eigenvalue weighted by atomic mass is 10.2. The molecule has 4 heterocycles. The van der Waals surface area contributed by atoms with E-state index in [1.54, 1.807) is 5.48 Å². The highest BCUT2D eigenvalue weighted by atomic mass is 16.5. The summed E-state index contributed by atoms with van der Waals surface area (Å²) in [4.78, 5) is 27.9. The van der Waals surface area contributed by atoms with Gasteiger partial charge in [0.05, 0.1) is 24.8 Å². The smallest absolute Gasteiger partial charge is 0.243 e. The van der Waals surface area contributed by atoms with Crippen LogP contribution >= 0.6 is 0 Å². The van der Waals surface area contributed by atoms with Gasteiger partial charge in [0.1, 0.15) is 5.82 Å². The van der Waals surface area contributed by atoms with E-state index in [0.717, 1.165) is 87.9 Å². The standard InChI is InChI=1S/C20H32N8O3/c1-25-7-9-27(10-8-25)20-22-18(26-11-13-31-14-12-26)16-15-21-28(19(16)23-20)6-4-2-3-5-17(29)24-30/h15,30H,2-14H2,1H3,(H,24,29). The summed E-state index contributed by atoms with van der Waals surface area (Å²) in [6.07, 6.45) is 4.68. The number of aromatic nitrogens is 4. The Morgan fingerprint density at radius 3 is 2.58 bits per heavy atom. The van der Waals surface area contributed by atoms with Crippen molar-refractivity contribution >= 4 is 28.7 Å². The number of aryl methyl sites for hydroxylation is 1. The Labute approximate surface area is 181 Å². The van der Waals surface area contributed by atoms with Gasteiger partial charge >= 0.3 is 0 Å². The SMILES string of the molecule is CN1CCN(c2nc(N3CCOCC3)c3cnn(CCCCCC(=O)NO)c3n2)CC1. The highest BCUT2D eigenvalue weighted by Crippen LogP contribution is 2.28. The van der Waals surface area contributed by atoms with Gasteiger partial charge in [-0.1, -0.05) is 6.42 Å². The molecule has 2 N–H and O–H groups in total. The van der Waals surface area contributed by atoms with E-state index in [0.29, 0.717) is 19.6 Å². The lowest BCUT2D eigenvalue weighted by Gasteiger charge is -2.33. The van der Waals surface area contributed by atoms with E-state index in [1.165, 1.54) is 0 Å². The predicted octanol–water partition coefficient (Wildman–Crippen LogP) is 0.481. The first-order chi connectivity index (χ1) is 15.2. The fourth-order valence-electron chi connectivity index (χ4n) is 4.04. The minimum atomic E-state index is -0.343. The van der Waals surface area contributed by atoms with Crippen molar-refractivity contribution in [1.29, 1.82) is 0 Å². The van der Waals surface area contributed by atoms with Crippen LogP contribution in [0.25, 0.3) is 11.0 Å². The van der Waals surface area contributed by atoms with E-state index in [9.17, 15) is 4.79 Å². The van der Waals surface area contributed by atoms with Crippen LogP contribution in [0.3, 0.4) is 0 Å². The second kappa shape index (κ2) is 10.2. The second-order valence-corrected chi connectivity index (χ2v) is 8.19. The quantitative estimate of drug-likeness (QED) is 0.349. The van der Waals surface area contributed by atoms with Crippen LogP contribution < -0.4 is 15.3 Å². The number of piperazine rings is 1. The van der Waals surface area contributed by atoms with Crippen molar-refractivity contribution in [3.8, 4) is 0 Å². The summed E-state index contributed by atoms with van der Waals surface area (Å²) in [6.45, 7) is 7.56. The molecule has 0 atom stereocenters. The van der Waals surface area contributed by atoms with Gasteiger partial charge in [0.15, 0.2) is 5.65 Å². The number of nitrogens with zero attached hydrogens (tertiary/aromatic N) is 7.